The Morgan fingerprint density at radius 3 is 2.50 bits per heavy atom. The molecule has 2 aromatic heterocycles. The van der Waals surface area contributed by atoms with Crippen LogP contribution in [0.3, 0.4) is 0 Å². The van der Waals surface area contributed by atoms with Gasteiger partial charge in [-0.25, -0.2) is 4.98 Å². The molecule has 1 N–H and O–H groups in total. The van der Waals surface area contributed by atoms with Crippen LogP contribution in [0.15, 0.2) is 67.1 Å². The van der Waals surface area contributed by atoms with Crippen molar-refractivity contribution in [3.63, 3.8) is 0 Å². The smallest absolute Gasteiger partial charge is 0.219 e. The Morgan fingerprint density at radius 2 is 1.79 bits per heavy atom. The van der Waals surface area contributed by atoms with Gasteiger partial charge in [-0.2, -0.15) is 0 Å². The van der Waals surface area contributed by atoms with Gasteiger partial charge >= 0.3 is 0 Å². The van der Waals surface area contributed by atoms with Gasteiger partial charge in [0.1, 0.15) is 0 Å². The zero-order valence-electron chi connectivity index (χ0n) is 12.8. The predicted octanol–water partition coefficient (Wildman–Crippen LogP) is 4.04. The van der Waals surface area contributed by atoms with Crippen LogP contribution in [0, 0.1) is 0 Å². The van der Waals surface area contributed by atoms with Crippen molar-refractivity contribution in [2.75, 3.05) is 10.2 Å². The molecule has 0 unspecified atom stereocenters. The fourth-order valence-corrected chi connectivity index (χ4v) is 2.39. The summed E-state index contributed by atoms with van der Waals surface area (Å²) in [5, 5.41) is 3.92. The number of halogens is 1. The maximum absolute atomic E-state index is 11.6. The summed E-state index contributed by atoms with van der Waals surface area (Å²) in [5.74, 6) is 0.531. The van der Waals surface area contributed by atoms with Gasteiger partial charge in [-0.05, 0) is 54.1 Å². The first-order valence-electron chi connectivity index (χ1n) is 7.36. The number of carbonyl (C=O) groups is 1. The van der Waals surface area contributed by atoms with Crippen LogP contribution in [0.2, 0.25) is 5.02 Å². The second-order valence-corrected chi connectivity index (χ2v) is 5.47. The lowest BCUT2D eigenvalue weighted by molar-refractivity contribution is -0.106. The molecule has 3 rings (SSSR count). The average Bonchev–Trinajstić information content (AvgIpc) is 2.64. The second-order valence-electron chi connectivity index (χ2n) is 5.04. The molecule has 5 nitrogen and oxygen atoms in total. The molecule has 0 bridgehead atoms. The number of nitrogens with one attached hydrogen (secondary N) is 1. The zero-order chi connectivity index (χ0) is 16.8. The molecule has 2 heterocycles. The molecule has 0 saturated heterocycles. The highest BCUT2D eigenvalue weighted by Gasteiger charge is 2.14. The minimum absolute atomic E-state index is 0.531. The van der Waals surface area contributed by atoms with Crippen molar-refractivity contribution < 1.29 is 4.79 Å². The third-order valence-corrected chi connectivity index (χ3v) is 3.71. The number of pyridine rings is 2. The summed E-state index contributed by atoms with van der Waals surface area (Å²) in [4.78, 5) is 21.5. The third kappa shape index (κ3) is 3.70. The first-order valence-corrected chi connectivity index (χ1v) is 7.73. The molecule has 0 fully saturated rings. The van der Waals surface area contributed by atoms with Crippen molar-refractivity contribution in [1.29, 1.82) is 0 Å². The molecule has 0 spiro atoms. The van der Waals surface area contributed by atoms with Gasteiger partial charge < -0.3 is 5.32 Å². The first-order chi connectivity index (χ1) is 11.8. The average molecular weight is 339 g/mol. The van der Waals surface area contributed by atoms with Gasteiger partial charge in [0.15, 0.2) is 5.82 Å². The van der Waals surface area contributed by atoms with E-state index >= 15 is 0 Å². The zero-order valence-corrected chi connectivity index (χ0v) is 13.5. The minimum Gasteiger partial charge on any atom is -0.378 e. The lowest BCUT2D eigenvalue weighted by Crippen LogP contribution is -2.17. The van der Waals surface area contributed by atoms with Crippen molar-refractivity contribution >= 4 is 35.2 Å². The van der Waals surface area contributed by atoms with Crippen LogP contribution in [0.25, 0.3) is 0 Å². The molecule has 0 radical (unpaired) electrons. The van der Waals surface area contributed by atoms with E-state index in [1.54, 1.807) is 42.9 Å². The number of hydrogen-bond donors (Lipinski definition) is 1. The van der Waals surface area contributed by atoms with E-state index in [-0.39, 0.29) is 0 Å². The van der Waals surface area contributed by atoms with E-state index in [4.69, 9.17) is 11.6 Å². The van der Waals surface area contributed by atoms with Crippen molar-refractivity contribution in [2.24, 2.45) is 0 Å². The van der Waals surface area contributed by atoms with Crippen LogP contribution in [0.4, 0.5) is 17.2 Å². The Bertz CT molecular complexity index is 809. The molecule has 0 aliphatic carbocycles. The van der Waals surface area contributed by atoms with E-state index < -0.39 is 0 Å². The highest BCUT2D eigenvalue weighted by Crippen LogP contribution is 2.29. The standard InChI is InChI=1S/C18H15ClN4O/c19-15-3-5-16(6-4-15)23(13-24)18-17(2-1-9-21-18)22-12-14-7-10-20-11-8-14/h1-11,13,22H,12H2. The molecule has 3 aromatic rings. The largest absolute Gasteiger partial charge is 0.378 e. The number of amides is 1. The summed E-state index contributed by atoms with van der Waals surface area (Å²) in [6.07, 6.45) is 5.88. The van der Waals surface area contributed by atoms with Crippen LogP contribution >= 0.6 is 11.6 Å². The van der Waals surface area contributed by atoms with Gasteiger partial charge in [0.05, 0.1) is 11.4 Å². The molecule has 6 heteroatoms. The van der Waals surface area contributed by atoms with Crippen LogP contribution < -0.4 is 10.2 Å². The monoisotopic (exact) mass is 338 g/mol. The van der Waals surface area contributed by atoms with Crippen LogP contribution in [-0.4, -0.2) is 16.4 Å². The minimum atomic E-state index is 0.531. The first kappa shape index (κ1) is 16.0. The van der Waals surface area contributed by atoms with Crippen molar-refractivity contribution in [3.05, 3.63) is 77.7 Å². The summed E-state index contributed by atoms with van der Waals surface area (Å²) in [5.41, 5.74) is 2.54. The lowest BCUT2D eigenvalue weighted by Gasteiger charge is -2.20. The van der Waals surface area contributed by atoms with Crippen LogP contribution in [-0.2, 0) is 11.3 Å². The molecule has 120 valence electrons. The molecule has 1 amide bonds. The maximum Gasteiger partial charge on any atom is 0.219 e. The second kappa shape index (κ2) is 7.57. The molecule has 0 aliphatic heterocycles. The predicted molar refractivity (Wildman–Crippen MR) is 95.5 cm³/mol. The highest BCUT2D eigenvalue weighted by molar-refractivity contribution is 6.30. The van der Waals surface area contributed by atoms with Gasteiger partial charge in [-0.15, -0.1) is 0 Å². The number of benzene rings is 1. The lowest BCUT2D eigenvalue weighted by atomic mass is 10.2. The normalized spacial score (nSPS) is 10.2. The number of hydrogen-bond acceptors (Lipinski definition) is 4. The Morgan fingerprint density at radius 1 is 1.04 bits per heavy atom. The van der Waals surface area contributed by atoms with Crippen molar-refractivity contribution in [3.8, 4) is 0 Å². The summed E-state index contributed by atoms with van der Waals surface area (Å²) in [6, 6.07) is 14.6. The molecular formula is C18H15ClN4O. The Labute approximate surface area is 144 Å². The Hall–Kier alpha value is -2.92. The number of aromatic nitrogens is 2. The third-order valence-electron chi connectivity index (χ3n) is 3.46. The van der Waals surface area contributed by atoms with E-state index in [0.717, 1.165) is 17.7 Å². The van der Waals surface area contributed by atoms with E-state index in [0.29, 0.717) is 23.1 Å². The van der Waals surface area contributed by atoms with Gasteiger partial charge in [-0.1, -0.05) is 11.6 Å². The van der Waals surface area contributed by atoms with E-state index in [2.05, 4.69) is 15.3 Å². The molecule has 1 aromatic carbocycles. The Kier molecular flexibility index (Phi) is 5.03. The topological polar surface area (TPSA) is 58.1 Å². The summed E-state index contributed by atoms with van der Waals surface area (Å²) in [6.45, 7) is 0.606. The van der Waals surface area contributed by atoms with Crippen LogP contribution in [0.1, 0.15) is 5.56 Å². The molecule has 0 aliphatic rings. The fraction of sp³-hybridized carbons (Fsp3) is 0.0556. The molecule has 24 heavy (non-hydrogen) atoms. The van der Waals surface area contributed by atoms with Crippen molar-refractivity contribution in [2.45, 2.75) is 6.54 Å². The number of rotatable bonds is 6. The van der Waals surface area contributed by atoms with E-state index in [1.807, 2.05) is 24.3 Å². The summed E-state index contributed by atoms with van der Waals surface area (Å²) < 4.78 is 0. The van der Waals surface area contributed by atoms with E-state index in [9.17, 15) is 4.79 Å². The quantitative estimate of drug-likeness (QED) is 0.689. The maximum atomic E-state index is 11.6. The van der Waals surface area contributed by atoms with Crippen LogP contribution in [0.5, 0.6) is 0 Å². The van der Waals surface area contributed by atoms with Gasteiger partial charge in [-0.3, -0.25) is 14.7 Å². The number of nitrogens with zero attached hydrogens (tertiary/aromatic N) is 3. The summed E-state index contributed by atoms with van der Waals surface area (Å²) >= 11 is 5.91. The van der Waals surface area contributed by atoms with Gasteiger partial charge in [0.2, 0.25) is 6.41 Å². The highest BCUT2D eigenvalue weighted by atomic mass is 35.5. The van der Waals surface area contributed by atoms with E-state index in [1.165, 1.54) is 4.90 Å². The molecular weight excluding hydrogens is 324 g/mol. The Balaban J connectivity index is 1.87. The number of anilines is 3. The number of carbonyl (C=O) groups excluding carboxylic acids is 1. The fourth-order valence-electron chi connectivity index (χ4n) is 2.26. The van der Waals surface area contributed by atoms with Crippen molar-refractivity contribution in [1.82, 2.24) is 9.97 Å². The molecule has 0 saturated carbocycles. The molecule has 0 atom stereocenters. The van der Waals surface area contributed by atoms with Gasteiger partial charge in [0, 0.05) is 30.2 Å². The van der Waals surface area contributed by atoms with Gasteiger partial charge in [0.25, 0.3) is 0 Å². The SMILES string of the molecule is O=CN(c1ccc(Cl)cc1)c1ncccc1NCc1ccncc1. The summed E-state index contributed by atoms with van der Waals surface area (Å²) in [7, 11) is 0.